The highest BCUT2D eigenvalue weighted by atomic mass is 16.5. The number of benzene rings is 1. The van der Waals surface area contributed by atoms with Crippen LogP contribution in [-0.4, -0.2) is 56.5 Å². The van der Waals surface area contributed by atoms with Crippen LogP contribution in [0.1, 0.15) is 38.3 Å². The van der Waals surface area contributed by atoms with E-state index in [9.17, 15) is 5.11 Å². The fraction of sp³-hybridized carbons (Fsp3) is 0.652. The number of allylic oxidation sites excluding steroid dienone is 1. The number of likely N-dealkylation sites (N-methyl/N-ethyl adjacent to an activating group) is 1. The Morgan fingerprint density at radius 3 is 2.59 bits per heavy atom. The lowest BCUT2D eigenvalue weighted by molar-refractivity contribution is -0.0235. The lowest BCUT2D eigenvalue weighted by Crippen LogP contribution is -2.48. The van der Waals surface area contributed by atoms with E-state index in [4.69, 9.17) is 4.74 Å². The Bertz CT molecular complexity index is 627. The van der Waals surface area contributed by atoms with Crippen LogP contribution in [0.2, 0.25) is 0 Å². The molecular formula is C23H36N2O2. The highest BCUT2D eigenvalue weighted by Crippen LogP contribution is 2.59. The molecule has 0 aliphatic heterocycles. The molecule has 0 aromatic heterocycles. The molecule has 4 rings (SSSR count). The van der Waals surface area contributed by atoms with Gasteiger partial charge in [0.15, 0.2) is 0 Å². The van der Waals surface area contributed by atoms with Gasteiger partial charge in [-0.25, -0.2) is 0 Å². The molecule has 1 aromatic rings. The second-order valence-electron chi connectivity index (χ2n) is 9.04. The summed E-state index contributed by atoms with van der Waals surface area (Å²) in [6.45, 7) is 7.17. The van der Waals surface area contributed by atoms with Gasteiger partial charge in [-0.2, -0.15) is 0 Å². The molecule has 2 bridgehead atoms. The van der Waals surface area contributed by atoms with E-state index in [1.54, 1.807) is 0 Å². The lowest BCUT2D eigenvalue weighted by Gasteiger charge is -2.56. The third kappa shape index (κ3) is 4.80. The molecule has 3 aliphatic carbocycles. The minimum absolute atomic E-state index is 0.292. The molecule has 1 saturated carbocycles. The molecule has 4 heteroatoms. The Morgan fingerprint density at radius 2 is 1.96 bits per heavy atom. The molecule has 0 amide bonds. The monoisotopic (exact) mass is 372 g/mol. The maximum absolute atomic E-state index is 10.3. The molecule has 4 atom stereocenters. The van der Waals surface area contributed by atoms with E-state index in [0.29, 0.717) is 37.1 Å². The molecule has 0 spiro atoms. The van der Waals surface area contributed by atoms with Gasteiger partial charge in [-0.1, -0.05) is 50.3 Å². The number of aliphatic hydroxyl groups excluding tert-OH is 1. The van der Waals surface area contributed by atoms with Crippen LogP contribution in [0.3, 0.4) is 0 Å². The van der Waals surface area contributed by atoms with Gasteiger partial charge >= 0.3 is 0 Å². The third-order valence-corrected chi connectivity index (χ3v) is 6.69. The quantitative estimate of drug-likeness (QED) is 0.619. The van der Waals surface area contributed by atoms with Crippen LogP contribution in [0.15, 0.2) is 42.0 Å². The summed E-state index contributed by atoms with van der Waals surface area (Å²) >= 11 is 0. The molecule has 150 valence electrons. The minimum atomic E-state index is -0.477. The summed E-state index contributed by atoms with van der Waals surface area (Å²) in [6, 6.07) is 10.8. The van der Waals surface area contributed by atoms with Crippen LogP contribution in [0.5, 0.6) is 0 Å². The number of aliphatic hydroxyl groups is 1. The van der Waals surface area contributed by atoms with Gasteiger partial charge in [0, 0.05) is 19.1 Å². The normalized spacial score (nSPS) is 25.6. The predicted molar refractivity (Wildman–Crippen MR) is 111 cm³/mol. The smallest absolute Gasteiger partial charge is 0.0897 e. The number of hydrogen-bond donors (Lipinski definition) is 2. The molecule has 1 aromatic carbocycles. The molecule has 1 fully saturated rings. The second kappa shape index (κ2) is 8.87. The number of nitrogens with zero attached hydrogens (tertiary/aromatic N) is 1. The van der Waals surface area contributed by atoms with E-state index in [1.165, 1.54) is 24.0 Å². The van der Waals surface area contributed by atoms with E-state index >= 15 is 0 Å². The van der Waals surface area contributed by atoms with E-state index in [0.717, 1.165) is 12.5 Å². The van der Waals surface area contributed by atoms with Gasteiger partial charge in [-0.15, -0.1) is 0 Å². The molecule has 3 aliphatic rings. The van der Waals surface area contributed by atoms with Crippen molar-refractivity contribution in [3.63, 3.8) is 0 Å². The Balaban J connectivity index is 1.36. The fourth-order valence-corrected chi connectivity index (χ4v) is 4.67. The summed E-state index contributed by atoms with van der Waals surface area (Å²) in [5.41, 5.74) is 3.16. The van der Waals surface area contributed by atoms with Gasteiger partial charge in [0.05, 0.1) is 19.3 Å². The minimum Gasteiger partial charge on any atom is -0.389 e. The summed E-state index contributed by atoms with van der Waals surface area (Å²) in [5, 5.41) is 13.7. The highest BCUT2D eigenvalue weighted by molar-refractivity contribution is 5.23. The molecule has 0 radical (unpaired) electrons. The molecule has 0 heterocycles. The number of fused-ring (bicyclic) bond motifs is 1. The zero-order chi connectivity index (χ0) is 19.4. The Morgan fingerprint density at radius 1 is 1.22 bits per heavy atom. The zero-order valence-electron chi connectivity index (χ0n) is 17.3. The highest BCUT2D eigenvalue weighted by Gasteiger charge is 2.50. The van der Waals surface area contributed by atoms with Crippen LogP contribution >= 0.6 is 0 Å². The maximum Gasteiger partial charge on any atom is 0.0897 e. The molecule has 0 saturated heterocycles. The maximum atomic E-state index is 10.3. The van der Waals surface area contributed by atoms with Crippen LogP contribution in [0.4, 0.5) is 0 Å². The van der Waals surface area contributed by atoms with Gasteiger partial charge in [0.25, 0.3) is 0 Å². The number of rotatable bonds is 10. The van der Waals surface area contributed by atoms with Crippen LogP contribution in [0.25, 0.3) is 0 Å². The number of ether oxygens (including phenoxy) is 1. The van der Waals surface area contributed by atoms with Crippen molar-refractivity contribution < 1.29 is 9.84 Å². The van der Waals surface area contributed by atoms with Crippen LogP contribution < -0.4 is 5.32 Å². The SMILES string of the molecule is CN(C)[C@@H](CNC[C@@H](O)COCC1=CC[C@H]2C[C@@H]1C2(C)C)c1ccccc1. The van der Waals surface area contributed by atoms with Crippen molar-refractivity contribution in [2.24, 2.45) is 17.3 Å². The fourth-order valence-electron chi connectivity index (χ4n) is 4.67. The van der Waals surface area contributed by atoms with E-state index in [2.05, 4.69) is 68.5 Å². The lowest BCUT2D eigenvalue weighted by atomic mass is 9.49. The van der Waals surface area contributed by atoms with E-state index in [1.807, 2.05) is 6.07 Å². The molecule has 0 unspecified atom stereocenters. The molecule has 27 heavy (non-hydrogen) atoms. The summed E-state index contributed by atoms with van der Waals surface area (Å²) in [4.78, 5) is 2.20. The first-order valence-electron chi connectivity index (χ1n) is 10.3. The second-order valence-corrected chi connectivity index (χ2v) is 9.04. The van der Waals surface area contributed by atoms with Gasteiger partial charge in [-0.05, 0) is 55.3 Å². The zero-order valence-corrected chi connectivity index (χ0v) is 17.3. The van der Waals surface area contributed by atoms with Gasteiger partial charge in [0.2, 0.25) is 0 Å². The van der Waals surface area contributed by atoms with E-state index < -0.39 is 6.10 Å². The van der Waals surface area contributed by atoms with Crippen molar-refractivity contribution in [3.8, 4) is 0 Å². The Kier molecular flexibility index (Phi) is 6.74. The standard InChI is InChI=1S/C23H36N2O2/c1-23(2)19-11-10-18(21(23)12-19)15-27-16-20(26)13-24-14-22(25(3)4)17-8-6-5-7-9-17/h5-10,19-22,24,26H,11-16H2,1-4H3/t19-,20+,21-,22-/m0/s1. The van der Waals surface area contributed by atoms with Gasteiger partial charge in [0.1, 0.15) is 0 Å². The van der Waals surface area contributed by atoms with Gasteiger partial charge in [-0.3, -0.25) is 0 Å². The van der Waals surface area contributed by atoms with Crippen molar-refractivity contribution in [1.82, 2.24) is 10.2 Å². The third-order valence-electron chi connectivity index (χ3n) is 6.69. The number of nitrogens with one attached hydrogen (secondary N) is 1. The largest absolute Gasteiger partial charge is 0.389 e. The first-order valence-corrected chi connectivity index (χ1v) is 10.3. The average Bonchev–Trinajstić information content (AvgIpc) is 2.65. The van der Waals surface area contributed by atoms with Crippen molar-refractivity contribution in [3.05, 3.63) is 47.5 Å². The molecular weight excluding hydrogens is 336 g/mol. The summed E-state index contributed by atoms with van der Waals surface area (Å²) in [5.74, 6) is 1.54. The Labute approximate surface area is 164 Å². The predicted octanol–water partition coefficient (Wildman–Crippen LogP) is 3.25. The van der Waals surface area contributed by atoms with E-state index in [-0.39, 0.29) is 0 Å². The average molecular weight is 373 g/mol. The van der Waals surface area contributed by atoms with Crippen molar-refractivity contribution >= 4 is 0 Å². The summed E-state index contributed by atoms with van der Waals surface area (Å²) in [7, 11) is 4.17. The van der Waals surface area contributed by atoms with Crippen molar-refractivity contribution in [2.45, 2.75) is 38.8 Å². The first kappa shape index (κ1) is 20.5. The molecule has 2 N–H and O–H groups in total. The number of hydrogen-bond acceptors (Lipinski definition) is 4. The summed E-state index contributed by atoms with van der Waals surface area (Å²) in [6.07, 6.45) is 4.40. The first-order chi connectivity index (χ1) is 12.9. The van der Waals surface area contributed by atoms with Crippen LogP contribution in [0, 0.1) is 17.3 Å². The van der Waals surface area contributed by atoms with Crippen molar-refractivity contribution in [2.75, 3.05) is 40.4 Å². The topological polar surface area (TPSA) is 44.7 Å². The Hall–Kier alpha value is -1.20. The summed E-state index contributed by atoms with van der Waals surface area (Å²) < 4.78 is 5.84. The van der Waals surface area contributed by atoms with Gasteiger partial charge < -0.3 is 20.1 Å². The molecule has 4 nitrogen and oxygen atoms in total. The van der Waals surface area contributed by atoms with Crippen LogP contribution in [-0.2, 0) is 4.74 Å². The van der Waals surface area contributed by atoms with Crippen molar-refractivity contribution in [1.29, 1.82) is 0 Å².